The topological polar surface area (TPSA) is 60.2 Å². The molecule has 1 atom stereocenters. The average molecular weight is 397 g/mol. The van der Waals surface area contributed by atoms with Crippen LogP contribution in [0, 0.1) is 0 Å². The summed E-state index contributed by atoms with van der Waals surface area (Å²) < 4.78 is 7.32. The quantitative estimate of drug-likeness (QED) is 0.543. The van der Waals surface area contributed by atoms with Crippen molar-refractivity contribution in [2.24, 2.45) is 0 Å². The van der Waals surface area contributed by atoms with Crippen molar-refractivity contribution in [2.45, 2.75) is 44.5 Å². The fourth-order valence-corrected chi connectivity index (χ4v) is 3.06. The maximum Gasteiger partial charge on any atom is 0.316 e. The molecule has 1 aromatic carbocycles. The highest BCUT2D eigenvalue weighted by molar-refractivity contribution is 7.99. The molecule has 0 N–H and O–H groups in total. The zero-order valence-corrected chi connectivity index (χ0v) is 17.6. The Morgan fingerprint density at radius 2 is 1.88 bits per heavy atom. The van der Waals surface area contributed by atoms with Gasteiger partial charge < -0.3 is 4.74 Å². The Morgan fingerprint density at radius 3 is 2.42 bits per heavy atom. The predicted molar refractivity (Wildman–Crippen MR) is 105 cm³/mol. The van der Waals surface area contributed by atoms with Gasteiger partial charge in [-0.25, -0.2) is 0 Å². The molecule has 0 aliphatic rings. The molecule has 0 radical (unpaired) electrons. The smallest absolute Gasteiger partial charge is 0.316 e. The van der Waals surface area contributed by atoms with E-state index >= 15 is 0 Å². The zero-order valence-electron chi connectivity index (χ0n) is 16.0. The lowest BCUT2D eigenvalue weighted by Gasteiger charge is -2.21. The highest BCUT2D eigenvalue weighted by atomic mass is 35.5. The molecule has 0 saturated heterocycles. The van der Waals surface area contributed by atoms with Gasteiger partial charge in [-0.15, -0.1) is 10.2 Å². The second kappa shape index (κ2) is 8.41. The van der Waals surface area contributed by atoms with Crippen molar-refractivity contribution in [3.63, 3.8) is 0 Å². The summed E-state index contributed by atoms with van der Waals surface area (Å²) in [6, 6.07) is 7.52. The van der Waals surface area contributed by atoms with Crippen LogP contribution in [0.5, 0.6) is 0 Å². The van der Waals surface area contributed by atoms with E-state index in [2.05, 4.69) is 22.0 Å². The van der Waals surface area contributed by atoms with E-state index in [1.54, 1.807) is 0 Å². The van der Waals surface area contributed by atoms with Crippen molar-refractivity contribution in [2.75, 3.05) is 19.8 Å². The molecule has 0 unspecified atom stereocenters. The number of ether oxygens (including phenoxy) is 1. The normalized spacial score (nSPS) is 13.1. The van der Waals surface area contributed by atoms with Crippen LogP contribution in [0.3, 0.4) is 0 Å². The molecule has 142 valence electrons. The van der Waals surface area contributed by atoms with Gasteiger partial charge in [-0.3, -0.25) is 14.3 Å². The number of nitrogens with zero attached hydrogens (tertiary/aromatic N) is 4. The van der Waals surface area contributed by atoms with E-state index in [-0.39, 0.29) is 17.8 Å². The lowest BCUT2D eigenvalue weighted by Crippen LogP contribution is -2.25. The van der Waals surface area contributed by atoms with E-state index < -0.39 is 5.60 Å². The summed E-state index contributed by atoms with van der Waals surface area (Å²) in [6.45, 7) is 7.60. The van der Waals surface area contributed by atoms with Crippen molar-refractivity contribution >= 4 is 29.3 Å². The minimum absolute atomic E-state index is 0.0501. The van der Waals surface area contributed by atoms with E-state index in [0.29, 0.717) is 10.2 Å². The Balaban J connectivity index is 2.31. The molecule has 0 amide bonds. The molecule has 0 saturated carbocycles. The van der Waals surface area contributed by atoms with Crippen LogP contribution in [-0.2, 0) is 9.53 Å². The third-order valence-corrected chi connectivity index (χ3v) is 4.79. The van der Waals surface area contributed by atoms with Gasteiger partial charge in [0.25, 0.3) is 0 Å². The van der Waals surface area contributed by atoms with E-state index in [4.69, 9.17) is 16.3 Å². The number of carbonyl (C=O) groups excluding carboxylic acids is 1. The van der Waals surface area contributed by atoms with Crippen molar-refractivity contribution in [3.8, 4) is 5.69 Å². The van der Waals surface area contributed by atoms with Gasteiger partial charge in [-0.05, 0) is 66.1 Å². The Kier molecular flexibility index (Phi) is 6.71. The maximum absolute atomic E-state index is 12.0. The second-order valence-electron chi connectivity index (χ2n) is 7.17. The maximum atomic E-state index is 12.0. The third-order valence-electron chi connectivity index (χ3n) is 3.63. The second-order valence-corrected chi connectivity index (χ2v) is 8.55. The monoisotopic (exact) mass is 396 g/mol. The standard InChI is InChI=1S/C18H25ClN4O2S/c1-12(22(5)6)16-20-21-17(26-11-15(24)25-18(2,3)4)23(16)14-9-7-13(19)8-10-14/h7-10,12H,11H2,1-6H3/t12-/m1/s1. The van der Waals surface area contributed by atoms with Gasteiger partial charge in [0.05, 0.1) is 11.8 Å². The molecule has 1 aromatic heterocycles. The van der Waals surface area contributed by atoms with Gasteiger partial charge in [0.2, 0.25) is 0 Å². The summed E-state index contributed by atoms with van der Waals surface area (Å²) in [4.78, 5) is 14.1. The van der Waals surface area contributed by atoms with Crippen LogP contribution in [0.1, 0.15) is 39.6 Å². The van der Waals surface area contributed by atoms with Crippen molar-refractivity contribution in [3.05, 3.63) is 35.1 Å². The molecule has 26 heavy (non-hydrogen) atoms. The van der Waals surface area contributed by atoms with E-state index in [1.807, 2.05) is 63.7 Å². The predicted octanol–water partition coefficient (Wildman–Crippen LogP) is 3.98. The molecule has 0 bridgehead atoms. The Morgan fingerprint density at radius 1 is 1.27 bits per heavy atom. The average Bonchev–Trinajstić information content (AvgIpc) is 2.95. The van der Waals surface area contributed by atoms with Crippen LogP contribution < -0.4 is 0 Å². The molecule has 2 rings (SSSR count). The molecule has 2 aromatic rings. The fraction of sp³-hybridized carbons (Fsp3) is 0.500. The van der Waals surface area contributed by atoms with Crippen molar-refractivity contribution < 1.29 is 9.53 Å². The van der Waals surface area contributed by atoms with Crippen molar-refractivity contribution in [1.82, 2.24) is 19.7 Å². The largest absolute Gasteiger partial charge is 0.459 e. The first kappa shape index (κ1) is 20.7. The van der Waals surface area contributed by atoms with Crippen LogP contribution in [0.25, 0.3) is 5.69 Å². The number of hydrogen-bond acceptors (Lipinski definition) is 6. The lowest BCUT2D eigenvalue weighted by atomic mass is 10.2. The first-order chi connectivity index (χ1) is 12.1. The van der Waals surface area contributed by atoms with E-state index in [0.717, 1.165) is 11.5 Å². The fourth-order valence-electron chi connectivity index (χ4n) is 2.20. The molecule has 1 heterocycles. The molecular formula is C18H25ClN4O2S. The zero-order chi connectivity index (χ0) is 19.5. The lowest BCUT2D eigenvalue weighted by molar-refractivity contribution is -0.151. The summed E-state index contributed by atoms with van der Waals surface area (Å²) >= 11 is 7.32. The third kappa shape index (κ3) is 5.46. The summed E-state index contributed by atoms with van der Waals surface area (Å²) in [6.07, 6.45) is 0. The highest BCUT2D eigenvalue weighted by Gasteiger charge is 2.23. The number of benzene rings is 1. The molecule has 0 aliphatic heterocycles. The van der Waals surface area contributed by atoms with Crippen molar-refractivity contribution in [1.29, 1.82) is 0 Å². The molecule has 6 nitrogen and oxygen atoms in total. The minimum Gasteiger partial charge on any atom is -0.459 e. The first-order valence-electron chi connectivity index (χ1n) is 8.31. The molecule has 0 fully saturated rings. The molecule has 0 aliphatic carbocycles. The van der Waals surface area contributed by atoms with Gasteiger partial charge >= 0.3 is 5.97 Å². The number of esters is 1. The Labute approximate surface area is 163 Å². The van der Waals surface area contributed by atoms with E-state index in [1.165, 1.54) is 11.8 Å². The van der Waals surface area contributed by atoms with Crippen LogP contribution in [0.15, 0.2) is 29.4 Å². The van der Waals surface area contributed by atoms with Gasteiger partial charge in [-0.2, -0.15) is 0 Å². The minimum atomic E-state index is -0.508. The van der Waals surface area contributed by atoms with Crippen LogP contribution in [0.4, 0.5) is 0 Å². The summed E-state index contributed by atoms with van der Waals surface area (Å²) in [5, 5.41) is 9.95. The van der Waals surface area contributed by atoms with Crippen LogP contribution >= 0.6 is 23.4 Å². The van der Waals surface area contributed by atoms with E-state index in [9.17, 15) is 4.79 Å². The number of aromatic nitrogens is 3. The van der Waals surface area contributed by atoms with Crippen LogP contribution in [0.2, 0.25) is 5.02 Å². The van der Waals surface area contributed by atoms with Gasteiger partial charge in [-0.1, -0.05) is 23.4 Å². The van der Waals surface area contributed by atoms with Crippen LogP contribution in [-0.4, -0.2) is 51.1 Å². The molecule has 0 spiro atoms. The first-order valence-corrected chi connectivity index (χ1v) is 9.67. The SMILES string of the molecule is C[C@H](c1nnc(SCC(=O)OC(C)(C)C)n1-c1ccc(Cl)cc1)N(C)C. The number of hydrogen-bond donors (Lipinski definition) is 0. The highest BCUT2D eigenvalue weighted by Crippen LogP contribution is 2.27. The number of halogens is 1. The number of thioether (sulfide) groups is 1. The van der Waals surface area contributed by atoms with Gasteiger partial charge in [0.15, 0.2) is 11.0 Å². The summed E-state index contributed by atoms with van der Waals surface area (Å²) in [7, 11) is 3.97. The van der Waals surface area contributed by atoms with Gasteiger partial charge in [0.1, 0.15) is 5.60 Å². The molecular weight excluding hydrogens is 372 g/mol. The summed E-state index contributed by atoms with van der Waals surface area (Å²) in [5.74, 6) is 0.679. The Bertz CT molecular complexity index is 754. The van der Waals surface area contributed by atoms with Gasteiger partial charge in [0, 0.05) is 10.7 Å². The Hall–Kier alpha value is -1.57. The number of carbonyl (C=O) groups is 1. The number of rotatable bonds is 6. The molecule has 8 heteroatoms. The summed E-state index contributed by atoms with van der Waals surface area (Å²) in [5.41, 5.74) is 0.390.